The fraction of sp³-hybridized carbons (Fsp3) is 0.0417. The van der Waals surface area contributed by atoms with Crippen molar-refractivity contribution >= 4 is 24.2 Å². The third kappa shape index (κ3) is 6.11. The highest BCUT2D eigenvalue weighted by molar-refractivity contribution is 5.95. The summed E-state index contributed by atoms with van der Waals surface area (Å²) in [5.74, 6) is -1.31. The number of hydrazone groups is 1. The summed E-state index contributed by atoms with van der Waals surface area (Å²) in [6, 6.07) is 19.7. The van der Waals surface area contributed by atoms with Crippen LogP contribution < -0.4 is 14.9 Å². The van der Waals surface area contributed by atoms with Crippen LogP contribution in [-0.4, -0.2) is 25.2 Å². The number of hydrogen-bond acceptors (Lipinski definition) is 5. The fourth-order valence-electron chi connectivity index (χ4n) is 2.59. The third-order valence-corrected chi connectivity index (χ3v) is 4.11. The minimum absolute atomic E-state index is 0.108. The molecule has 0 aliphatic carbocycles. The zero-order chi connectivity index (χ0) is 22.1. The molecule has 6 nitrogen and oxygen atoms in total. The maximum atomic E-state index is 13.6. The Labute approximate surface area is 178 Å². The number of methoxy groups -OCH3 is 1. The molecule has 7 heteroatoms. The quantitative estimate of drug-likeness (QED) is 0.205. The number of esters is 1. The number of carbonyl (C=O) groups excluding carboxylic acids is 2. The van der Waals surface area contributed by atoms with E-state index in [2.05, 4.69) is 10.5 Å². The van der Waals surface area contributed by atoms with Crippen molar-refractivity contribution in [3.8, 4) is 11.5 Å². The van der Waals surface area contributed by atoms with Gasteiger partial charge in [-0.3, -0.25) is 4.79 Å². The van der Waals surface area contributed by atoms with E-state index in [0.717, 1.165) is 5.56 Å². The number of amides is 1. The maximum Gasteiger partial charge on any atom is 0.336 e. The topological polar surface area (TPSA) is 77.0 Å². The second-order valence-electron chi connectivity index (χ2n) is 6.25. The summed E-state index contributed by atoms with van der Waals surface area (Å²) in [7, 11) is 1.44. The molecule has 1 N–H and O–H groups in total. The van der Waals surface area contributed by atoms with Gasteiger partial charge in [-0.2, -0.15) is 5.10 Å². The minimum atomic E-state index is -0.669. The van der Waals surface area contributed by atoms with Gasteiger partial charge in [-0.25, -0.2) is 14.6 Å². The van der Waals surface area contributed by atoms with Crippen LogP contribution in [0.15, 0.2) is 84.0 Å². The molecule has 3 aromatic carbocycles. The highest BCUT2D eigenvalue weighted by atomic mass is 19.1. The number of nitrogens with zero attached hydrogens (tertiary/aromatic N) is 1. The summed E-state index contributed by atoms with van der Waals surface area (Å²) in [4.78, 5) is 24.0. The Hall–Kier alpha value is -4.26. The highest BCUT2D eigenvalue weighted by Crippen LogP contribution is 2.27. The molecule has 31 heavy (non-hydrogen) atoms. The molecule has 0 aliphatic rings. The van der Waals surface area contributed by atoms with Gasteiger partial charge in [0.2, 0.25) is 0 Å². The molecule has 0 radical (unpaired) electrons. The lowest BCUT2D eigenvalue weighted by atomic mass is 10.2. The molecule has 0 saturated heterocycles. The number of benzene rings is 3. The minimum Gasteiger partial charge on any atom is -0.493 e. The van der Waals surface area contributed by atoms with E-state index in [1.807, 2.05) is 30.3 Å². The van der Waals surface area contributed by atoms with Gasteiger partial charge in [0, 0.05) is 6.08 Å². The first-order chi connectivity index (χ1) is 15.1. The van der Waals surface area contributed by atoms with E-state index in [1.54, 1.807) is 30.3 Å². The predicted molar refractivity (Wildman–Crippen MR) is 116 cm³/mol. The zero-order valence-corrected chi connectivity index (χ0v) is 16.6. The molecule has 0 fully saturated rings. The Morgan fingerprint density at radius 1 is 0.935 bits per heavy atom. The standard InChI is InChI=1S/C24H19FN2O4/c1-30-22-15-18(16-26-27-24(29)19-9-5-6-10-20(19)25)11-13-21(22)31-23(28)14-12-17-7-3-2-4-8-17/h2-16H,1H3,(H,27,29)/b14-12+,26-16+. The van der Waals surface area contributed by atoms with E-state index in [9.17, 15) is 14.0 Å². The lowest BCUT2D eigenvalue weighted by Gasteiger charge is -2.08. The number of nitrogens with one attached hydrogen (secondary N) is 1. The van der Waals surface area contributed by atoms with E-state index in [-0.39, 0.29) is 11.3 Å². The molecule has 0 atom stereocenters. The van der Waals surface area contributed by atoms with Gasteiger partial charge in [0.05, 0.1) is 18.9 Å². The molecule has 0 aliphatic heterocycles. The van der Waals surface area contributed by atoms with Gasteiger partial charge < -0.3 is 9.47 Å². The third-order valence-electron chi connectivity index (χ3n) is 4.11. The summed E-state index contributed by atoms with van der Waals surface area (Å²) in [5.41, 5.74) is 3.60. The van der Waals surface area contributed by atoms with Crippen LogP contribution in [0.25, 0.3) is 6.08 Å². The van der Waals surface area contributed by atoms with E-state index >= 15 is 0 Å². The molecule has 3 rings (SSSR count). The summed E-state index contributed by atoms with van der Waals surface area (Å²) in [5, 5.41) is 3.82. The molecule has 0 heterocycles. The van der Waals surface area contributed by atoms with Gasteiger partial charge in [0.1, 0.15) is 5.82 Å². The van der Waals surface area contributed by atoms with Crippen molar-refractivity contribution in [2.45, 2.75) is 0 Å². The van der Waals surface area contributed by atoms with Crippen molar-refractivity contribution in [1.29, 1.82) is 0 Å². The maximum absolute atomic E-state index is 13.6. The molecule has 3 aromatic rings. The first-order valence-electron chi connectivity index (χ1n) is 9.28. The Bertz CT molecular complexity index is 1130. The van der Waals surface area contributed by atoms with Crippen molar-refractivity contribution in [1.82, 2.24) is 5.43 Å². The Balaban J connectivity index is 1.63. The van der Waals surface area contributed by atoms with Crippen LogP contribution in [0.4, 0.5) is 4.39 Å². The summed E-state index contributed by atoms with van der Waals surface area (Å²) in [6.07, 6.45) is 4.33. The van der Waals surface area contributed by atoms with Crippen LogP contribution in [0.5, 0.6) is 11.5 Å². The summed E-state index contributed by atoms with van der Waals surface area (Å²) < 4.78 is 24.2. The van der Waals surface area contributed by atoms with Crippen LogP contribution in [-0.2, 0) is 4.79 Å². The Morgan fingerprint density at radius 2 is 1.68 bits per heavy atom. The van der Waals surface area contributed by atoms with Gasteiger partial charge in [-0.1, -0.05) is 42.5 Å². The molecule has 0 saturated carbocycles. The average molecular weight is 418 g/mol. The van der Waals surface area contributed by atoms with Crippen LogP contribution in [0.2, 0.25) is 0 Å². The molecular weight excluding hydrogens is 399 g/mol. The molecular formula is C24H19FN2O4. The first kappa shape index (κ1) is 21.4. The van der Waals surface area contributed by atoms with Gasteiger partial charge in [-0.05, 0) is 47.5 Å². The Kier molecular flexibility index (Phi) is 7.26. The highest BCUT2D eigenvalue weighted by Gasteiger charge is 2.10. The van der Waals surface area contributed by atoms with Crippen molar-refractivity contribution in [2.75, 3.05) is 7.11 Å². The molecule has 1 amide bonds. The predicted octanol–water partition coefficient (Wildman–Crippen LogP) is 4.22. The smallest absolute Gasteiger partial charge is 0.336 e. The van der Waals surface area contributed by atoms with Crippen molar-refractivity contribution in [3.05, 3.63) is 101 Å². The van der Waals surface area contributed by atoms with Crippen molar-refractivity contribution in [2.24, 2.45) is 5.10 Å². The molecule has 0 unspecified atom stereocenters. The monoisotopic (exact) mass is 418 g/mol. The second-order valence-corrected chi connectivity index (χ2v) is 6.25. The fourth-order valence-corrected chi connectivity index (χ4v) is 2.59. The molecule has 0 bridgehead atoms. The van der Waals surface area contributed by atoms with Crippen molar-refractivity contribution < 1.29 is 23.5 Å². The number of carbonyl (C=O) groups is 2. The van der Waals surface area contributed by atoms with Crippen LogP contribution >= 0.6 is 0 Å². The molecule has 0 spiro atoms. The largest absolute Gasteiger partial charge is 0.493 e. The summed E-state index contributed by atoms with van der Waals surface area (Å²) in [6.45, 7) is 0. The van der Waals surface area contributed by atoms with Crippen LogP contribution in [0.3, 0.4) is 0 Å². The van der Waals surface area contributed by atoms with E-state index in [4.69, 9.17) is 9.47 Å². The van der Waals surface area contributed by atoms with Gasteiger partial charge in [-0.15, -0.1) is 0 Å². The number of halogens is 1. The summed E-state index contributed by atoms with van der Waals surface area (Å²) >= 11 is 0. The number of ether oxygens (including phenoxy) is 2. The van der Waals surface area contributed by atoms with E-state index < -0.39 is 17.7 Å². The van der Waals surface area contributed by atoms with Crippen LogP contribution in [0, 0.1) is 5.82 Å². The molecule has 0 aromatic heterocycles. The Morgan fingerprint density at radius 3 is 2.42 bits per heavy atom. The second kappa shape index (κ2) is 10.5. The lowest BCUT2D eigenvalue weighted by molar-refractivity contribution is -0.129. The normalized spacial score (nSPS) is 10.9. The number of rotatable bonds is 7. The van der Waals surface area contributed by atoms with Gasteiger partial charge >= 0.3 is 5.97 Å². The van der Waals surface area contributed by atoms with Gasteiger partial charge in [0.15, 0.2) is 11.5 Å². The average Bonchev–Trinajstić information content (AvgIpc) is 2.79. The SMILES string of the molecule is COc1cc(/C=N/NC(=O)c2ccccc2F)ccc1OC(=O)/C=C/c1ccccc1. The zero-order valence-electron chi connectivity index (χ0n) is 16.6. The van der Waals surface area contributed by atoms with E-state index in [0.29, 0.717) is 11.3 Å². The first-order valence-corrected chi connectivity index (χ1v) is 9.28. The molecule has 156 valence electrons. The van der Waals surface area contributed by atoms with E-state index in [1.165, 1.54) is 37.6 Å². The van der Waals surface area contributed by atoms with Crippen LogP contribution in [0.1, 0.15) is 21.5 Å². The lowest BCUT2D eigenvalue weighted by Crippen LogP contribution is -2.18. The van der Waals surface area contributed by atoms with Gasteiger partial charge in [0.25, 0.3) is 5.91 Å². The number of hydrogen-bond donors (Lipinski definition) is 1. The van der Waals surface area contributed by atoms with Crippen molar-refractivity contribution in [3.63, 3.8) is 0 Å².